The predicted octanol–water partition coefficient (Wildman–Crippen LogP) is 6.12. The number of anilines is 1. The molecule has 0 fully saturated rings. The lowest BCUT2D eigenvalue weighted by Crippen LogP contribution is -2.26. The molecule has 0 radical (unpaired) electrons. The molecule has 3 aromatic rings. The van der Waals surface area contributed by atoms with Gasteiger partial charge < -0.3 is 25.0 Å². The van der Waals surface area contributed by atoms with Gasteiger partial charge in [-0.15, -0.1) is 0 Å². The fraction of sp³-hybridized carbons (Fsp3) is 0.367. The molecule has 0 heterocycles. The van der Waals surface area contributed by atoms with Gasteiger partial charge in [-0.2, -0.15) is 0 Å². The second-order valence-corrected chi connectivity index (χ2v) is 9.96. The summed E-state index contributed by atoms with van der Waals surface area (Å²) < 4.78 is 4.73. The minimum absolute atomic E-state index is 0.0731. The summed E-state index contributed by atoms with van der Waals surface area (Å²) >= 11 is 0. The molecule has 0 saturated heterocycles. The van der Waals surface area contributed by atoms with Crippen LogP contribution in [0.25, 0.3) is 22.3 Å². The van der Waals surface area contributed by atoms with Crippen LogP contribution in [0, 0.1) is 0 Å². The Morgan fingerprint density at radius 1 is 0.917 bits per heavy atom. The topological polar surface area (TPSA) is 90.2 Å². The Labute approximate surface area is 213 Å². The Bertz CT molecular complexity index is 1180. The van der Waals surface area contributed by atoms with Crippen LogP contribution in [-0.4, -0.2) is 47.3 Å². The maximum Gasteiger partial charge on any atom is 0.511 e. The lowest BCUT2D eigenvalue weighted by atomic mass is 9.82. The SMILES string of the molecule is CCN(CC)c1ccc(-c2cc(-c3ccc(OC(=O)O)cc3)ccc2CC(O)CO)cc1C(C)(C)C. The number of benzene rings is 3. The number of carboxylic acid groups (broad SMARTS) is 1. The zero-order chi connectivity index (χ0) is 26.5. The maximum absolute atomic E-state index is 10.8. The van der Waals surface area contributed by atoms with E-state index >= 15 is 0 Å². The fourth-order valence-corrected chi connectivity index (χ4v) is 4.48. The first-order chi connectivity index (χ1) is 17.1. The summed E-state index contributed by atoms with van der Waals surface area (Å²) in [5.41, 5.74) is 7.25. The molecule has 192 valence electrons. The van der Waals surface area contributed by atoms with Crippen molar-refractivity contribution in [2.75, 3.05) is 24.6 Å². The number of hydrogen-bond acceptors (Lipinski definition) is 5. The molecule has 0 aliphatic rings. The van der Waals surface area contributed by atoms with Gasteiger partial charge in [-0.05, 0) is 83.0 Å². The van der Waals surface area contributed by atoms with Crippen molar-refractivity contribution in [2.45, 2.75) is 52.6 Å². The molecule has 3 N–H and O–H groups in total. The summed E-state index contributed by atoms with van der Waals surface area (Å²) in [6.45, 7) is 12.5. The number of carbonyl (C=O) groups is 1. The van der Waals surface area contributed by atoms with E-state index in [0.717, 1.165) is 40.9 Å². The fourth-order valence-electron chi connectivity index (χ4n) is 4.48. The van der Waals surface area contributed by atoms with E-state index < -0.39 is 12.3 Å². The van der Waals surface area contributed by atoms with Crippen molar-refractivity contribution in [3.05, 3.63) is 71.8 Å². The first kappa shape index (κ1) is 27.2. The van der Waals surface area contributed by atoms with Crippen molar-refractivity contribution in [1.29, 1.82) is 0 Å². The molecular weight excluding hydrogens is 454 g/mol. The number of rotatable bonds is 9. The van der Waals surface area contributed by atoms with Gasteiger partial charge in [0.1, 0.15) is 5.75 Å². The lowest BCUT2D eigenvalue weighted by Gasteiger charge is -2.31. The minimum Gasteiger partial charge on any atom is -0.449 e. The molecule has 6 nitrogen and oxygen atoms in total. The Hall–Kier alpha value is -3.35. The molecular formula is C30H37NO5. The quantitative estimate of drug-likeness (QED) is 0.247. The van der Waals surface area contributed by atoms with Gasteiger partial charge in [0, 0.05) is 25.2 Å². The molecule has 6 heteroatoms. The molecule has 1 unspecified atom stereocenters. The molecule has 0 amide bonds. The number of nitrogens with zero attached hydrogens (tertiary/aromatic N) is 1. The van der Waals surface area contributed by atoms with Gasteiger partial charge in [0.15, 0.2) is 0 Å². The first-order valence-corrected chi connectivity index (χ1v) is 12.4. The summed E-state index contributed by atoms with van der Waals surface area (Å²) in [4.78, 5) is 13.2. The Balaban J connectivity index is 2.14. The zero-order valence-corrected chi connectivity index (χ0v) is 21.8. The highest BCUT2D eigenvalue weighted by molar-refractivity contribution is 5.78. The third kappa shape index (κ3) is 6.45. The van der Waals surface area contributed by atoms with Crippen LogP contribution < -0.4 is 9.64 Å². The van der Waals surface area contributed by atoms with Crippen molar-refractivity contribution >= 4 is 11.8 Å². The van der Waals surface area contributed by atoms with Gasteiger partial charge in [0.2, 0.25) is 0 Å². The van der Waals surface area contributed by atoms with E-state index in [2.05, 4.69) is 63.8 Å². The van der Waals surface area contributed by atoms with Gasteiger partial charge in [0.25, 0.3) is 0 Å². The van der Waals surface area contributed by atoms with E-state index in [-0.39, 0.29) is 17.8 Å². The third-order valence-electron chi connectivity index (χ3n) is 6.39. The molecule has 0 aliphatic heterocycles. The highest BCUT2D eigenvalue weighted by Gasteiger charge is 2.22. The molecule has 36 heavy (non-hydrogen) atoms. The molecule has 0 saturated carbocycles. The first-order valence-electron chi connectivity index (χ1n) is 12.4. The summed E-state index contributed by atoms with van der Waals surface area (Å²) in [5.74, 6) is 0.260. The van der Waals surface area contributed by atoms with Crippen LogP contribution in [0.3, 0.4) is 0 Å². The maximum atomic E-state index is 10.8. The third-order valence-corrected chi connectivity index (χ3v) is 6.39. The highest BCUT2D eigenvalue weighted by Crippen LogP contribution is 2.38. The number of aliphatic hydroxyl groups excluding tert-OH is 2. The van der Waals surface area contributed by atoms with Crippen LogP contribution in [0.4, 0.5) is 10.5 Å². The lowest BCUT2D eigenvalue weighted by molar-refractivity contribution is 0.0956. The Kier molecular flexibility index (Phi) is 8.77. The summed E-state index contributed by atoms with van der Waals surface area (Å²) in [5, 5.41) is 28.5. The molecule has 0 bridgehead atoms. The molecule has 3 rings (SSSR count). The van der Waals surface area contributed by atoms with Crippen molar-refractivity contribution in [3.8, 4) is 28.0 Å². The van der Waals surface area contributed by atoms with E-state index in [1.54, 1.807) is 12.1 Å². The van der Waals surface area contributed by atoms with Crippen molar-refractivity contribution in [1.82, 2.24) is 0 Å². The zero-order valence-electron chi connectivity index (χ0n) is 21.8. The predicted molar refractivity (Wildman–Crippen MR) is 145 cm³/mol. The van der Waals surface area contributed by atoms with Crippen LogP contribution in [0.2, 0.25) is 0 Å². The van der Waals surface area contributed by atoms with Crippen molar-refractivity contribution < 1.29 is 24.9 Å². The summed E-state index contributed by atoms with van der Waals surface area (Å²) in [6, 6.07) is 19.5. The Morgan fingerprint density at radius 3 is 2.08 bits per heavy atom. The van der Waals surface area contributed by atoms with Crippen LogP contribution in [0.5, 0.6) is 5.75 Å². The van der Waals surface area contributed by atoms with Gasteiger partial charge in [-0.25, -0.2) is 4.79 Å². The van der Waals surface area contributed by atoms with E-state index in [9.17, 15) is 15.0 Å². The average molecular weight is 492 g/mol. The Morgan fingerprint density at radius 2 is 1.53 bits per heavy atom. The molecule has 0 aliphatic carbocycles. The van der Waals surface area contributed by atoms with E-state index in [1.165, 1.54) is 11.3 Å². The van der Waals surface area contributed by atoms with E-state index in [1.807, 2.05) is 24.3 Å². The van der Waals surface area contributed by atoms with Crippen LogP contribution in [0.15, 0.2) is 60.7 Å². The molecule has 0 aromatic heterocycles. The molecule has 1 atom stereocenters. The molecule has 0 spiro atoms. The highest BCUT2D eigenvalue weighted by atomic mass is 16.7. The van der Waals surface area contributed by atoms with Crippen molar-refractivity contribution in [2.24, 2.45) is 0 Å². The summed E-state index contributed by atoms with van der Waals surface area (Å²) in [7, 11) is 0. The van der Waals surface area contributed by atoms with E-state index in [4.69, 9.17) is 9.84 Å². The second-order valence-electron chi connectivity index (χ2n) is 9.96. The second kappa shape index (κ2) is 11.6. The van der Waals surface area contributed by atoms with Gasteiger partial charge in [-0.3, -0.25) is 0 Å². The largest absolute Gasteiger partial charge is 0.511 e. The number of ether oxygens (including phenoxy) is 1. The number of aliphatic hydroxyl groups is 2. The monoisotopic (exact) mass is 491 g/mol. The standard InChI is InChI=1S/C30H37NO5/c1-6-31(7-2)28-15-12-23(18-27(28)30(3,4)5)26-17-21(8-9-22(26)16-24(33)19-32)20-10-13-25(14-11-20)36-29(34)35/h8-15,17-18,24,32-33H,6-7,16,19H2,1-5H3,(H,34,35). The summed E-state index contributed by atoms with van der Waals surface area (Å²) in [6.07, 6.45) is -1.86. The van der Waals surface area contributed by atoms with Crippen LogP contribution >= 0.6 is 0 Å². The molecule has 3 aromatic carbocycles. The smallest absolute Gasteiger partial charge is 0.449 e. The van der Waals surface area contributed by atoms with Crippen molar-refractivity contribution in [3.63, 3.8) is 0 Å². The number of hydrogen-bond donors (Lipinski definition) is 3. The van der Waals surface area contributed by atoms with Gasteiger partial charge >= 0.3 is 6.16 Å². The van der Waals surface area contributed by atoms with Gasteiger partial charge in [-0.1, -0.05) is 51.1 Å². The van der Waals surface area contributed by atoms with Gasteiger partial charge in [0.05, 0.1) is 12.7 Å². The normalized spacial score (nSPS) is 12.3. The van der Waals surface area contributed by atoms with Crippen LogP contribution in [0.1, 0.15) is 45.7 Å². The van der Waals surface area contributed by atoms with E-state index in [0.29, 0.717) is 6.42 Å². The van der Waals surface area contributed by atoms with Crippen LogP contribution in [-0.2, 0) is 11.8 Å². The minimum atomic E-state index is -1.35. The average Bonchev–Trinajstić information content (AvgIpc) is 2.84.